The van der Waals surface area contributed by atoms with Gasteiger partial charge in [-0.25, -0.2) is 4.39 Å². The number of hydrogen-bond acceptors (Lipinski definition) is 2. The summed E-state index contributed by atoms with van der Waals surface area (Å²) in [6.07, 6.45) is 2.23. The molecule has 1 rings (SSSR count). The van der Waals surface area contributed by atoms with Gasteiger partial charge in [-0.15, -0.1) is 6.58 Å². The first-order valence-electron chi connectivity index (χ1n) is 4.39. The highest BCUT2D eigenvalue weighted by molar-refractivity contribution is 5.30. The third-order valence-electron chi connectivity index (χ3n) is 2.03. The number of nitrogens with two attached hydrogens (primary N) is 1. The standard InChI is InChI=1S/C11H14FNO/c1-3-4-11(13)9-6-5-8(14-2)7-10(9)12/h3,5-7,11H,1,4,13H2,2H3. The highest BCUT2D eigenvalue weighted by atomic mass is 19.1. The van der Waals surface area contributed by atoms with Gasteiger partial charge in [0.1, 0.15) is 11.6 Å². The number of halogens is 1. The number of rotatable bonds is 4. The molecule has 0 aliphatic rings. The first-order valence-corrected chi connectivity index (χ1v) is 4.39. The first-order chi connectivity index (χ1) is 6.69. The molecule has 1 atom stereocenters. The number of ether oxygens (including phenoxy) is 1. The van der Waals surface area contributed by atoms with Gasteiger partial charge in [0.05, 0.1) is 7.11 Å². The molecule has 0 bridgehead atoms. The van der Waals surface area contributed by atoms with E-state index in [0.717, 1.165) is 0 Å². The van der Waals surface area contributed by atoms with Gasteiger partial charge in [-0.3, -0.25) is 0 Å². The summed E-state index contributed by atoms with van der Waals surface area (Å²) < 4.78 is 18.3. The average molecular weight is 195 g/mol. The zero-order chi connectivity index (χ0) is 10.6. The SMILES string of the molecule is C=CCC(N)c1ccc(OC)cc1F. The van der Waals surface area contributed by atoms with Gasteiger partial charge < -0.3 is 10.5 Å². The molecule has 0 aliphatic carbocycles. The molecule has 0 aliphatic heterocycles. The quantitative estimate of drug-likeness (QED) is 0.749. The second kappa shape index (κ2) is 4.77. The zero-order valence-corrected chi connectivity index (χ0v) is 8.16. The van der Waals surface area contributed by atoms with E-state index in [4.69, 9.17) is 10.5 Å². The summed E-state index contributed by atoms with van der Waals surface area (Å²) in [6, 6.07) is 4.33. The Morgan fingerprint density at radius 2 is 2.36 bits per heavy atom. The van der Waals surface area contributed by atoms with Gasteiger partial charge in [0.15, 0.2) is 0 Å². The summed E-state index contributed by atoms with van der Waals surface area (Å²) in [5.41, 5.74) is 6.24. The highest BCUT2D eigenvalue weighted by Crippen LogP contribution is 2.22. The highest BCUT2D eigenvalue weighted by Gasteiger charge is 2.10. The van der Waals surface area contributed by atoms with E-state index in [1.165, 1.54) is 13.2 Å². The van der Waals surface area contributed by atoms with Crippen LogP contribution in [0.4, 0.5) is 4.39 Å². The van der Waals surface area contributed by atoms with Crippen molar-refractivity contribution in [3.63, 3.8) is 0 Å². The Labute approximate surface area is 83.2 Å². The van der Waals surface area contributed by atoms with E-state index in [2.05, 4.69) is 6.58 Å². The van der Waals surface area contributed by atoms with Crippen LogP contribution in [0, 0.1) is 5.82 Å². The molecule has 0 radical (unpaired) electrons. The van der Waals surface area contributed by atoms with Gasteiger partial charge in [-0.05, 0) is 12.5 Å². The van der Waals surface area contributed by atoms with Crippen LogP contribution < -0.4 is 10.5 Å². The molecule has 0 aromatic heterocycles. The largest absolute Gasteiger partial charge is 0.497 e. The molecule has 0 heterocycles. The summed E-state index contributed by atoms with van der Waals surface area (Å²) in [6.45, 7) is 3.56. The lowest BCUT2D eigenvalue weighted by molar-refractivity contribution is 0.410. The minimum absolute atomic E-state index is 0.335. The van der Waals surface area contributed by atoms with Crippen LogP contribution in [0.5, 0.6) is 5.75 Å². The van der Waals surface area contributed by atoms with E-state index in [1.54, 1.807) is 18.2 Å². The average Bonchev–Trinajstić information content (AvgIpc) is 2.17. The summed E-state index contributed by atoms with van der Waals surface area (Å²) in [5.74, 6) is 0.163. The Morgan fingerprint density at radius 3 is 2.86 bits per heavy atom. The second-order valence-corrected chi connectivity index (χ2v) is 3.02. The summed E-state index contributed by atoms with van der Waals surface area (Å²) in [7, 11) is 1.50. The third kappa shape index (κ3) is 2.33. The predicted molar refractivity (Wildman–Crippen MR) is 54.7 cm³/mol. The van der Waals surface area contributed by atoms with Crippen LogP contribution in [0.25, 0.3) is 0 Å². The molecule has 1 unspecified atom stereocenters. The van der Waals surface area contributed by atoms with Crippen molar-refractivity contribution in [2.45, 2.75) is 12.5 Å². The molecule has 1 aromatic carbocycles. The van der Waals surface area contributed by atoms with Crippen molar-refractivity contribution in [1.29, 1.82) is 0 Å². The normalized spacial score (nSPS) is 12.2. The topological polar surface area (TPSA) is 35.2 Å². The molecule has 3 heteroatoms. The van der Waals surface area contributed by atoms with Gasteiger partial charge in [-0.2, -0.15) is 0 Å². The summed E-state index contributed by atoms with van der Waals surface area (Å²) in [5, 5.41) is 0. The maximum absolute atomic E-state index is 13.4. The first kappa shape index (κ1) is 10.7. The Bertz CT molecular complexity index is 325. The van der Waals surface area contributed by atoms with Gasteiger partial charge in [0.2, 0.25) is 0 Å². The van der Waals surface area contributed by atoms with Crippen LogP contribution in [-0.2, 0) is 0 Å². The van der Waals surface area contributed by atoms with Crippen molar-refractivity contribution in [3.8, 4) is 5.75 Å². The van der Waals surface area contributed by atoms with Crippen molar-refractivity contribution >= 4 is 0 Å². The monoisotopic (exact) mass is 195 g/mol. The lowest BCUT2D eigenvalue weighted by Gasteiger charge is -2.11. The Balaban J connectivity index is 2.93. The van der Waals surface area contributed by atoms with Crippen LogP contribution in [0.15, 0.2) is 30.9 Å². The van der Waals surface area contributed by atoms with E-state index in [0.29, 0.717) is 17.7 Å². The maximum Gasteiger partial charge on any atom is 0.131 e. The Hall–Kier alpha value is -1.35. The third-order valence-corrected chi connectivity index (χ3v) is 2.03. The molecule has 0 saturated carbocycles. The van der Waals surface area contributed by atoms with E-state index >= 15 is 0 Å². The molecule has 76 valence electrons. The molecule has 14 heavy (non-hydrogen) atoms. The Kier molecular flexibility index (Phi) is 3.65. The molecule has 2 nitrogen and oxygen atoms in total. The van der Waals surface area contributed by atoms with Crippen LogP contribution in [0.3, 0.4) is 0 Å². The van der Waals surface area contributed by atoms with E-state index in [-0.39, 0.29) is 11.9 Å². The number of methoxy groups -OCH3 is 1. The maximum atomic E-state index is 13.4. The van der Waals surface area contributed by atoms with Crippen molar-refractivity contribution in [1.82, 2.24) is 0 Å². The Morgan fingerprint density at radius 1 is 1.64 bits per heavy atom. The molecule has 1 aromatic rings. The number of hydrogen-bond donors (Lipinski definition) is 1. The minimum Gasteiger partial charge on any atom is -0.497 e. The predicted octanol–water partition coefficient (Wildman–Crippen LogP) is 2.41. The van der Waals surface area contributed by atoms with Crippen LogP contribution in [0.1, 0.15) is 18.0 Å². The smallest absolute Gasteiger partial charge is 0.131 e. The van der Waals surface area contributed by atoms with Gasteiger partial charge in [0, 0.05) is 17.7 Å². The van der Waals surface area contributed by atoms with Crippen LogP contribution in [0.2, 0.25) is 0 Å². The molecule has 0 spiro atoms. The number of benzene rings is 1. The summed E-state index contributed by atoms with van der Waals surface area (Å²) >= 11 is 0. The van der Waals surface area contributed by atoms with Crippen LogP contribution in [-0.4, -0.2) is 7.11 Å². The van der Waals surface area contributed by atoms with Crippen molar-refractivity contribution < 1.29 is 9.13 Å². The molecule has 0 fully saturated rings. The van der Waals surface area contributed by atoms with Gasteiger partial charge >= 0.3 is 0 Å². The second-order valence-electron chi connectivity index (χ2n) is 3.02. The fourth-order valence-electron chi connectivity index (χ4n) is 1.24. The van der Waals surface area contributed by atoms with Crippen LogP contribution >= 0.6 is 0 Å². The lowest BCUT2D eigenvalue weighted by Crippen LogP contribution is -2.11. The molecular formula is C11H14FNO. The molecule has 0 amide bonds. The zero-order valence-electron chi connectivity index (χ0n) is 8.16. The van der Waals surface area contributed by atoms with Crippen molar-refractivity contribution in [2.75, 3.05) is 7.11 Å². The van der Waals surface area contributed by atoms with Crippen molar-refractivity contribution in [2.24, 2.45) is 5.73 Å². The van der Waals surface area contributed by atoms with E-state index < -0.39 is 0 Å². The molecular weight excluding hydrogens is 181 g/mol. The lowest BCUT2D eigenvalue weighted by atomic mass is 10.0. The summed E-state index contributed by atoms with van der Waals surface area (Å²) in [4.78, 5) is 0. The minimum atomic E-state index is -0.335. The van der Waals surface area contributed by atoms with E-state index in [1.807, 2.05) is 0 Å². The fourth-order valence-corrected chi connectivity index (χ4v) is 1.24. The van der Waals surface area contributed by atoms with E-state index in [9.17, 15) is 4.39 Å². The van der Waals surface area contributed by atoms with Gasteiger partial charge in [0.25, 0.3) is 0 Å². The molecule has 2 N–H and O–H groups in total. The van der Waals surface area contributed by atoms with Gasteiger partial charge in [-0.1, -0.05) is 12.1 Å². The van der Waals surface area contributed by atoms with Crippen molar-refractivity contribution in [3.05, 3.63) is 42.2 Å². The fraction of sp³-hybridized carbons (Fsp3) is 0.273. The molecule has 0 saturated heterocycles.